The summed E-state index contributed by atoms with van der Waals surface area (Å²) in [7, 11) is 0. The van der Waals surface area contributed by atoms with E-state index < -0.39 is 0 Å². The quantitative estimate of drug-likeness (QED) is 0.541. The summed E-state index contributed by atoms with van der Waals surface area (Å²) in [5.74, 6) is 0.0874. The number of benzene rings is 1. The van der Waals surface area contributed by atoms with Gasteiger partial charge in [-0.3, -0.25) is 4.79 Å². The smallest absolute Gasteiger partial charge is 0.158 e. The van der Waals surface area contributed by atoms with Crippen LogP contribution >= 0.6 is 0 Å². The van der Waals surface area contributed by atoms with Crippen molar-refractivity contribution in [3.8, 4) is 0 Å². The molecular formula is C14H18O2. The average molecular weight is 218 g/mol. The van der Waals surface area contributed by atoms with E-state index in [0.29, 0.717) is 6.61 Å². The normalized spacial score (nSPS) is 11.2. The van der Waals surface area contributed by atoms with Gasteiger partial charge in [0.15, 0.2) is 5.78 Å². The van der Waals surface area contributed by atoms with E-state index in [1.807, 2.05) is 25.1 Å². The summed E-state index contributed by atoms with van der Waals surface area (Å²) in [5.41, 5.74) is 2.00. The number of carbonyl (C=O) groups is 1. The van der Waals surface area contributed by atoms with Gasteiger partial charge in [0.1, 0.15) is 0 Å². The molecule has 0 saturated carbocycles. The summed E-state index contributed by atoms with van der Waals surface area (Å²) in [4.78, 5) is 11.3. The molecule has 0 spiro atoms. The van der Waals surface area contributed by atoms with Crippen molar-refractivity contribution >= 4 is 5.78 Å². The molecule has 0 fully saturated rings. The highest BCUT2D eigenvalue weighted by Gasteiger charge is 2.04. The third-order valence-electron chi connectivity index (χ3n) is 2.37. The van der Waals surface area contributed by atoms with Gasteiger partial charge in [0.2, 0.25) is 0 Å². The van der Waals surface area contributed by atoms with E-state index in [-0.39, 0.29) is 5.78 Å². The maximum Gasteiger partial charge on any atom is 0.158 e. The predicted octanol–water partition coefficient (Wildman–Crippen LogP) is 3.13. The molecular weight excluding hydrogens is 200 g/mol. The van der Waals surface area contributed by atoms with Gasteiger partial charge >= 0.3 is 0 Å². The zero-order chi connectivity index (χ0) is 11.8. The maximum absolute atomic E-state index is 11.3. The molecule has 1 rings (SSSR count). The van der Waals surface area contributed by atoms with E-state index in [4.69, 9.17) is 4.74 Å². The molecule has 0 aliphatic rings. The molecule has 0 amide bonds. The maximum atomic E-state index is 11.3. The molecule has 0 radical (unpaired) electrons. The Morgan fingerprint density at radius 3 is 2.56 bits per heavy atom. The Balaban J connectivity index is 2.54. The van der Waals surface area contributed by atoms with Gasteiger partial charge < -0.3 is 4.74 Å². The zero-order valence-corrected chi connectivity index (χ0v) is 9.90. The van der Waals surface area contributed by atoms with Crippen LogP contribution in [-0.2, 0) is 16.0 Å². The van der Waals surface area contributed by atoms with Crippen LogP contribution in [0.5, 0.6) is 0 Å². The fraction of sp³-hybridized carbons (Fsp3) is 0.357. The van der Waals surface area contributed by atoms with Crippen LogP contribution in [0.3, 0.4) is 0 Å². The van der Waals surface area contributed by atoms with Crippen LogP contribution in [0.2, 0.25) is 0 Å². The predicted molar refractivity (Wildman–Crippen MR) is 65.2 cm³/mol. The van der Waals surface area contributed by atoms with Gasteiger partial charge in [-0.1, -0.05) is 30.3 Å². The van der Waals surface area contributed by atoms with Crippen LogP contribution in [0.15, 0.2) is 42.2 Å². The van der Waals surface area contributed by atoms with Crippen molar-refractivity contribution in [2.45, 2.75) is 26.7 Å². The Bertz CT molecular complexity index is 352. The largest absolute Gasteiger partial charge is 0.501 e. The van der Waals surface area contributed by atoms with Crippen molar-refractivity contribution < 1.29 is 9.53 Å². The molecule has 1 aromatic carbocycles. The Morgan fingerprint density at radius 2 is 2.00 bits per heavy atom. The SMILES string of the molecule is CCOC=C(CCc1ccccc1)C(C)=O. The lowest BCUT2D eigenvalue weighted by molar-refractivity contribution is -0.113. The number of ketones is 1. The van der Waals surface area contributed by atoms with E-state index >= 15 is 0 Å². The summed E-state index contributed by atoms with van der Waals surface area (Å²) < 4.78 is 5.16. The number of hydrogen-bond donors (Lipinski definition) is 0. The van der Waals surface area contributed by atoms with E-state index in [9.17, 15) is 4.79 Å². The minimum absolute atomic E-state index is 0.0874. The second kappa shape index (κ2) is 6.83. The number of aryl methyl sites for hydroxylation is 1. The second-order valence-corrected chi connectivity index (χ2v) is 3.64. The summed E-state index contributed by atoms with van der Waals surface area (Å²) >= 11 is 0. The molecule has 0 saturated heterocycles. The highest BCUT2D eigenvalue weighted by Crippen LogP contribution is 2.10. The highest BCUT2D eigenvalue weighted by atomic mass is 16.5. The van der Waals surface area contributed by atoms with Crippen molar-refractivity contribution in [2.24, 2.45) is 0 Å². The first kappa shape index (κ1) is 12.5. The van der Waals surface area contributed by atoms with Crippen molar-refractivity contribution in [2.75, 3.05) is 6.61 Å². The topological polar surface area (TPSA) is 26.3 Å². The summed E-state index contributed by atoms with van der Waals surface area (Å²) in [6, 6.07) is 10.1. The van der Waals surface area contributed by atoms with Crippen LogP contribution < -0.4 is 0 Å². The fourth-order valence-corrected chi connectivity index (χ4v) is 1.43. The Morgan fingerprint density at radius 1 is 1.31 bits per heavy atom. The number of Topliss-reactive ketones (excluding diaryl/α,β-unsaturated/α-hetero) is 1. The number of hydrogen-bond acceptors (Lipinski definition) is 2. The van der Waals surface area contributed by atoms with Gasteiger partial charge in [0.05, 0.1) is 12.9 Å². The minimum Gasteiger partial charge on any atom is -0.501 e. The molecule has 0 heterocycles. The summed E-state index contributed by atoms with van der Waals surface area (Å²) in [6.07, 6.45) is 3.20. The molecule has 16 heavy (non-hydrogen) atoms. The lowest BCUT2D eigenvalue weighted by Gasteiger charge is -2.04. The molecule has 0 aromatic heterocycles. The number of carbonyl (C=O) groups excluding carboxylic acids is 1. The molecule has 0 unspecified atom stereocenters. The van der Waals surface area contributed by atoms with Crippen molar-refractivity contribution in [1.82, 2.24) is 0 Å². The van der Waals surface area contributed by atoms with E-state index in [1.165, 1.54) is 5.56 Å². The minimum atomic E-state index is 0.0874. The molecule has 2 heteroatoms. The Labute approximate surface area is 96.9 Å². The number of rotatable bonds is 6. The van der Waals surface area contributed by atoms with E-state index in [0.717, 1.165) is 18.4 Å². The van der Waals surface area contributed by atoms with Crippen molar-refractivity contribution in [3.63, 3.8) is 0 Å². The van der Waals surface area contributed by atoms with Crippen molar-refractivity contribution in [1.29, 1.82) is 0 Å². The Kier molecular flexibility index (Phi) is 5.34. The van der Waals surface area contributed by atoms with Crippen LogP contribution in [-0.4, -0.2) is 12.4 Å². The molecule has 0 aliphatic carbocycles. The van der Waals surface area contributed by atoms with E-state index in [2.05, 4.69) is 12.1 Å². The first-order valence-electron chi connectivity index (χ1n) is 5.59. The van der Waals surface area contributed by atoms with Crippen LogP contribution in [0.4, 0.5) is 0 Å². The van der Waals surface area contributed by atoms with Gasteiger partial charge in [0.25, 0.3) is 0 Å². The van der Waals surface area contributed by atoms with Gasteiger partial charge in [0, 0.05) is 5.57 Å². The zero-order valence-electron chi connectivity index (χ0n) is 9.90. The molecule has 0 N–H and O–H groups in total. The first-order chi connectivity index (χ1) is 7.74. The van der Waals surface area contributed by atoms with Gasteiger partial charge in [-0.25, -0.2) is 0 Å². The molecule has 0 atom stereocenters. The Hall–Kier alpha value is -1.57. The number of allylic oxidation sites excluding steroid dienone is 1. The lowest BCUT2D eigenvalue weighted by atomic mass is 10.0. The van der Waals surface area contributed by atoms with Gasteiger partial charge in [-0.2, -0.15) is 0 Å². The molecule has 0 aliphatic heterocycles. The van der Waals surface area contributed by atoms with Gasteiger partial charge in [-0.15, -0.1) is 0 Å². The second-order valence-electron chi connectivity index (χ2n) is 3.64. The summed E-state index contributed by atoms with van der Waals surface area (Å²) in [5, 5.41) is 0. The molecule has 1 aromatic rings. The average Bonchev–Trinajstić information content (AvgIpc) is 2.30. The van der Waals surface area contributed by atoms with Crippen LogP contribution in [0, 0.1) is 0 Å². The fourth-order valence-electron chi connectivity index (χ4n) is 1.43. The molecule has 2 nitrogen and oxygen atoms in total. The first-order valence-corrected chi connectivity index (χ1v) is 5.59. The monoisotopic (exact) mass is 218 g/mol. The third kappa shape index (κ3) is 4.30. The van der Waals surface area contributed by atoms with Crippen LogP contribution in [0.1, 0.15) is 25.8 Å². The van der Waals surface area contributed by atoms with E-state index in [1.54, 1.807) is 13.2 Å². The number of ether oxygens (including phenoxy) is 1. The third-order valence-corrected chi connectivity index (χ3v) is 2.37. The van der Waals surface area contributed by atoms with Gasteiger partial charge in [-0.05, 0) is 32.3 Å². The standard InChI is InChI=1S/C14H18O2/c1-3-16-11-14(12(2)15)10-9-13-7-5-4-6-8-13/h4-8,11H,3,9-10H2,1-2H3. The lowest BCUT2D eigenvalue weighted by Crippen LogP contribution is -2.00. The molecule has 0 bridgehead atoms. The highest BCUT2D eigenvalue weighted by molar-refractivity contribution is 5.92. The molecule has 86 valence electrons. The van der Waals surface area contributed by atoms with Crippen LogP contribution in [0.25, 0.3) is 0 Å². The summed E-state index contributed by atoms with van der Waals surface area (Å²) in [6.45, 7) is 4.09. The van der Waals surface area contributed by atoms with Crippen molar-refractivity contribution in [3.05, 3.63) is 47.7 Å².